The SMILES string of the molecule is CNc1ccc(N2CCCC2)c(C#N)c1. The summed E-state index contributed by atoms with van der Waals surface area (Å²) >= 11 is 0. The van der Waals surface area contributed by atoms with Crippen LogP contribution in [0.15, 0.2) is 18.2 Å². The van der Waals surface area contributed by atoms with E-state index in [-0.39, 0.29) is 0 Å². The molecule has 0 aliphatic carbocycles. The number of benzene rings is 1. The van der Waals surface area contributed by atoms with Crippen LogP contribution in [0.25, 0.3) is 0 Å². The van der Waals surface area contributed by atoms with E-state index in [4.69, 9.17) is 5.26 Å². The van der Waals surface area contributed by atoms with Crippen LogP contribution in [0.3, 0.4) is 0 Å². The second-order valence-electron chi connectivity index (χ2n) is 3.79. The van der Waals surface area contributed by atoms with Gasteiger partial charge in [-0.3, -0.25) is 0 Å². The zero-order chi connectivity index (χ0) is 10.7. The molecule has 78 valence electrons. The van der Waals surface area contributed by atoms with Crippen molar-refractivity contribution in [2.45, 2.75) is 12.8 Å². The Bertz CT molecular complexity index is 386. The molecule has 1 aromatic rings. The van der Waals surface area contributed by atoms with Gasteiger partial charge in [0.2, 0.25) is 0 Å². The Morgan fingerprint density at radius 3 is 2.67 bits per heavy atom. The molecule has 2 rings (SSSR count). The molecular weight excluding hydrogens is 186 g/mol. The summed E-state index contributed by atoms with van der Waals surface area (Å²) in [5.41, 5.74) is 2.84. The Labute approximate surface area is 90.3 Å². The van der Waals surface area contributed by atoms with Gasteiger partial charge in [0.1, 0.15) is 6.07 Å². The number of rotatable bonds is 2. The zero-order valence-corrected chi connectivity index (χ0v) is 8.95. The highest BCUT2D eigenvalue weighted by Crippen LogP contribution is 2.26. The van der Waals surface area contributed by atoms with Gasteiger partial charge < -0.3 is 10.2 Å². The Hall–Kier alpha value is -1.69. The van der Waals surface area contributed by atoms with E-state index in [1.54, 1.807) is 0 Å². The van der Waals surface area contributed by atoms with Crippen LogP contribution in [0.2, 0.25) is 0 Å². The lowest BCUT2D eigenvalue weighted by molar-refractivity contribution is 0.949. The number of nitrogens with one attached hydrogen (secondary N) is 1. The number of nitriles is 1. The normalized spacial score (nSPS) is 15.1. The monoisotopic (exact) mass is 201 g/mol. The van der Waals surface area contributed by atoms with E-state index in [1.165, 1.54) is 12.8 Å². The highest BCUT2D eigenvalue weighted by atomic mass is 15.1. The van der Waals surface area contributed by atoms with Crippen molar-refractivity contribution < 1.29 is 0 Å². The van der Waals surface area contributed by atoms with Gasteiger partial charge in [-0.25, -0.2) is 0 Å². The van der Waals surface area contributed by atoms with Gasteiger partial charge >= 0.3 is 0 Å². The van der Waals surface area contributed by atoms with Gasteiger partial charge in [-0.1, -0.05) is 0 Å². The van der Waals surface area contributed by atoms with Crippen molar-refractivity contribution in [2.75, 3.05) is 30.4 Å². The average molecular weight is 201 g/mol. The molecule has 1 N–H and O–H groups in total. The van der Waals surface area contributed by atoms with E-state index in [9.17, 15) is 0 Å². The smallest absolute Gasteiger partial charge is 0.101 e. The summed E-state index contributed by atoms with van der Waals surface area (Å²) in [7, 11) is 1.87. The number of hydrogen-bond donors (Lipinski definition) is 1. The van der Waals surface area contributed by atoms with Crippen LogP contribution in [0.1, 0.15) is 18.4 Å². The van der Waals surface area contributed by atoms with Gasteiger partial charge in [-0.05, 0) is 31.0 Å². The molecule has 0 spiro atoms. The van der Waals surface area contributed by atoms with Crippen molar-refractivity contribution in [1.82, 2.24) is 0 Å². The molecule has 1 aromatic carbocycles. The van der Waals surface area contributed by atoms with E-state index in [0.717, 1.165) is 30.0 Å². The predicted octanol–water partition coefficient (Wildman–Crippen LogP) is 2.20. The molecular formula is C12H15N3. The van der Waals surface area contributed by atoms with Gasteiger partial charge in [-0.2, -0.15) is 5.26 Å². The van der Waals surface area contributed by atoms with Crippen LogP contribution in [0.5, 0.6) is 0 Å². The van der Waals surface area contributed by atoms with Crippen LogP contribution in [-0.2, 0) is 0 Å². The first kappa shape index (κ1) is 9.85. The van der Waals surface area contributed by atoms with E-state index >= 15 is 0 Å². The summed E-state index contributed by atoms with van der Waals surface area (Å²) < 4.78 is 0. The zero-order valence-electron chi connectivity index (χ0n) is 8.95. The van der Waals surface area contributed by atoms with Gasteiger partial charge in [-0.15, -0.1) is 0 Å². The Balaban J connectivity index is 2.34. The summed E-state index contributed by atoms with van der Waals surface area (Å²) in [5.74, 6) is 0. The summed E-state index contributed by atoms with van der Waals surface area (Å²) in [6, 6.07) is 8.24. The lowest BCUT2D eigenvalue weighted by Crippen LogP contribution is -2.18. The van der Waals surface area contributed by atoms with E-state index < -0.39 is 0 Å². The van der Waals surface area contributed by atoms with Crippen molar-refractivity contribution in [1.29, 1.82) is 5.26 Å². The van der Waals surface area contributed by atoms with Gasteiger partial charge in [0, 0.05) is 25.8 Å². The van der Waals surface area contributed by atoms with Crippen molar-refractivity contribution in [3.8, 4) is 6.07 Å². The summed E-state index contributed by atoms with van der Waals surface area (Å²) in [6.45, 7) is 2.15. The van der Waals surface area contributed by atoms with Crippen molar-refractivity contribution in [3.05, 3.63) is 23.8 Å². The van der Waals surface area contributed by atoms with Crippen molar-refractivity contribution >= 4 is 11.4 Å². The molecule has 3 heteroatoms. The largest absolute Gasteiger partial charge is 0.388 e. The Kier molecular flexibility index (Phi) is 2.77. The number of hydrogen-bond acceptors (Lipinski definition) is 3. The molecule has 1 saturated heterocycles. The molecule has 0 aromatic heterocycles. The molecule has 0 saturated carbocycles. The van der Waals surface area contributed by atoms with Crippen LogP contribution >= 0.6 is 0 Å². The molecule has 15 heavy (non-hydrogen) atoms. The highest BCUT2D eigenvalue weighted by Gasteiger charge is 2.15. The van der Waals surface area contributed by atoms with E-state index in [0.29, 0.717) is 0 Å². The third-order valence-corrected chi connectivity index (χ3v) is 2.85. The summed E-state index contributed by atoms with van der Waals surface area (Å²) in [4.78, 5) is 2.29. The fraction of sp³-hybridized carbons (Fsp3) is 0.417. The molecule has 0 bridgehead atoms. The second-order valence-corrected chi connectivity index (χ2v) is 3.79. The molecule has 0 amide bonds. The van der Waals surface area contributed by atoms with E-state index in [2.05, 4.69) is 16.3 Å². The fourth-order valence-corrected chi connectivity index (χ4v) is 2.01. The first-order chi connectivity index (χ1) is 7.35. The van der Waals surface area contributed by atoms with E-state index in [1.807, 2.05) is 25.2 Å². The minimum Gasteiger partial charge on any atom is -0.388 e. The Morgan fingerprint density at radius 1 is 1.33 bits per heavy atom. The molecule has 3 nitrogen and oxygen atoms in total. The summed E-state index contributed by atoms with van der Waals surface area (Å²) in [5, 5.41) is 12.1. The molecule has 1 aliphatic heterocycles. The molecule has 1 aliphatic rings. The molecule has 0 radical (unpaired) electrons. The predicted molar refractivity (Wildman–Crippen MR) is 62.2 cm³/mol. The molecule has 0 unspecified atom stereocenters. The standard InChI is InChI=1S/C12H15N3/c1-14-11-4-5-12(10(8-11)9-13)15-6-2-3-7-15/h4-5,8,14H,2-3,6-7H2,1H3. The maximum absolute atomic E-state index is 9.09. The second kappa shape index (κ2) is 4.22. The number of nitrogens with zero attached hydrogens (tertiary/aromatic N) is 2. The van der Waals surface area contributed by atoms with Crippen molar-refractivity contribution in [2.24, 2.45) is 0 Å². The minimum absolute atomic E-state index is 0.767. The van der Waals surface area contributed by atoms with Gasteiger partial charge in [0.05, 0.1) is 11.3 Å². The third kappa shape index (κ3) is 1.89. The maximum atomic E-state index is 9.09. The minimum atomic E-state index is 0.767. The van der Waals surface area contributed by atoms with Crippen LogP contribution in [0.4, 0.5) is 11.4 Å². The fourth-order valence-electron chi connectivity index (χ4n) is 2.01. The van der Waals surface area contributed by atoms with Crippen LogP contribution in [0, 0.1) is 11.3 Å². The lowest BCUT2D eigenvalue weighted by Gasteiger charge is -2.19. The van der Waals surface area contributed by atoms with Gasteiger partial charge in [0.15, 0.2) is 0 Å². The van der Waals surface area contributed by atoms with Crippen LogP contribution in [-0.4, -0.2) is 20.1 Å². The molecule has 1 fully saturated rings. The highest BCUT2D eigenvalue weighted by molar-refractivity contribution is 5.65. The molecule has 1 heterocycles. The van der Waals surface area contributed by atoms with Crippen molar-refractivity contribution in [3.63, 3.8) is 0 Å². The third-order valence-electron chi connectivity index (χ3n) is 2.85. The summed E-state index contributed by atoms with van der Waals surface area (Å²) in [6.07, 6.45) is 2.47. The maximum Gasteiger partial charge on any atom is 0.101 e. The number of anilines is 2. The Morgan fingerprint density at radius 2 is 2.07 bits per heavy atom. The molecule has 0 atom stereocenters. The topological polar surface area (TPSA) is 39.1 Å². The lowest BCUT2D eigenvalue weighted by atomic mass is 10.1. The quantitative estimate of drug-likeness (QED) is 0.797. The van der Waals surface area contributed by atoms with Gasteiger partial charge in [0.25, 0.3) is 0 Å². The first-order valence-electron chi connectivity index (χ1n) is 5.32. The average Bonchev–Trinajstić information content (AvgIpc) is 2.81. The first-order valence-corrected chi connectivity index (χ1v) is 5.32. The van der Waals surface area contributed by atoms with Crippen LogP contribution < -0.4 is 10.2 Å².